The molecule has 0 aliphatic carbocycles. The minimum atomic E-state index is -0.746. The first kappa shape index (κ1) is 16.0. The van der Waals surface area contributed by atoms with Gasteiger partial charge in [-0.05, 0) is 24.6 Å². The summed E-state index contributed by atoms with van der Waals surface area (Å²) in [4.78, 5) is 22.2. The SMILES string of the molecule is Cc1cc(O)cc(O)c1C=NNC(=O)c1ccccc1[N+](=O)[O-]. The monoisotopic (exact) mass is 315 g/mol. The summed E-state index contributed by atoms with van der Waals surface area (Å²) >= 11 is 0. The summed E-state index contributed by atoms with van der Waals surface area (Å²) in [5, 5.41) is 33.6. The number of carbonyl (C=O) groups is 1. The number of aromatic hydroxyl groups is 2. The number of carbonyl (C=O) groups excluding carboxylic acids is 1. The quantitative estimate of drug-likeness (QED) is 0.452. The van der Waals surface area contributed by atoms with Crippen LogP contribution in [0.15, 0.2) is 41.5 Å². The minimum Gasteiger partial charge on any atom is -0.508 e. The van der Waals surface area contributed by atoms with Crippen molar-refractivity contribution in [3.05, 3.63) is 63.2 Å². The van der Waals surface area contributed by atoms with Gasteiger partial charge in [0.05, 0.1) is 11.1 Å². The number of phenolic OH excluding ortho intramolecular Hbond substituents is 2. The second kappa shape index (κ2) is 6.56. The first-order chi connectivity index (χ1) is 10.9. The molecule has 0 bridgehead atoms. The Hall–Kier alpha value is -3.42. The smallest absolute Gasteiger partial charge is 0.282 e. The Bertz CT molecular complexity index is 778. The fourth-order valence-electron chi connectivity index (χ4n) is 1.97. The number of hydrogen-bond acceptors (Lipinski definition) is 6. The standard InChI is InChI=1S/C15H13N3O5/c1-9-6-10(19)7-14(20)12(9)8-16-17-15(21)11-4-2-3-5-13(11)18(22)23/h2-8,19-20H,1H3,(H,17,21). The van der Waals surface area contributed by atoms with Gasteiger partial charge in [-0.2, -0.15) is 5.10 Å². The summed E-state index contributed by atoms with van der Waals surface area (Å²) in [6.07, 6.45) is 1.19. The van der Waals surface area contributed by atoms with Gasteiger partial charge in [0.15, 0.2) is 0 Å². The molecule has 0 saturated carbocycles. The molecule has 0 aliphatic heterocycles. The van der Waals surface area contributed by atoms with Crippen molar-refractivity contribution in [1.82, 2.24) is 5.43 Å². The van der Waals surface area contributed by atoms with Crippen molar-refractivity contribution in [1.29, 1.82) is 0 Å². The molecule has 0 radical (unpaired) electrons. The van der Waals surface area contributed by atoms with E-state index in [-0.39, 0.29) is 22.7 Å². The molecule has 0 aliphatic rings. The Labute approximate surface area is 130 Å². The number of nitro groups is 1. The van der Waals surface area contributed by atoms with Gasteiger partial charge >= 0.3 is 0 Å². The highest BCUT2D eigenvalue weighted by atomic mass is 16.6. The van der Waals surface area contributed by atoms with E-state index in [2.05, 4.69) is 10.5 Å². The third-order valence-corrected chi connectivity index (χ3v) is 3.05. The van der Waals surface area contributed by atoms with E-state index in [0.29, 0.717) is 11.1 Å². The van der Waals surface area contributed by atoms with E-state index in [9.17, 15) is 25.1 Å². The molecule has 2 rings (SSSR count). The van der Waals surface area contributed by atoms with E-state index < -0.39 is 10.8 Å². The van der Waals surface area contributed by atoms with Gasteiger partial charge in [0, 0.05) is 17.7 Å². The van der Waals surface area contributed by atoms with Crippen molar-refractivity contribution >= 4 is 17.8 Å². The number of para-hydroxylation sites is 1. The van der Waals surface area contributed by atoms with E-state index >= 15 is 0 Å². The van der Waals surface area contributed by atoms with Crippen LogP contribution in [-0.2, 0) is 0 Å². The van der Waals surface area contributed by atoms with Gasteiger partial charge in [-0.25, -0.2) is 5.43 Å². The van der Waals surface area contributed by atoms with Crippen LogP contribution >= 0.6 is 0 Å². The lowest BCUT2D eigenvalue weighted by Crippen LogP contribution is -2.19. The van der Waals surface area contributed by atoms with Crippen molar-refractivity contribution in [2.24, 2.45) is 5.10 Å². The first-order valence-corrected chi connectivity index (χ1v) is 6.49. The normalized spacial score (nSPS) is 10.7. The van der Waals surface area contributed by atoms with Crippen LogP contribution in [-0.4, -0.2) is 27.3 Å². The molecule has 0 atom stereocenters. The third-order valence-electron chi connectivity index (χ3n) is 3.05. The molecule has 23 heavy (non-hydrogen) atoms. The molecule has 0 saturated heterocycles. The van der Waals surface area contributed by atoms with E-state index in [1.165, 1.54) is 36.5 Å². The number of rotatable bonds is 4. The fourth-order valence-corrected chi connectivity index (χ4v) is 1.97. The fraction of sp³-hybridized carbons (Fsp3) is 0.0667. The largest absolute Gasteiger partial charge is 0.508 e. The third kappa shape index (κ3) is 3.62. The topological polar surface area (TPSA) is 125 Å². The first-order valence-electron chi connectivity index (χ1n) is 6.49. The number of nitrogens with zero attached hydrogens (tertiary/aromatic N) is 2. The van der Waals surface area contributed by atoms with Crippen molar-refractivity contribution in [3.63, 3.8) is 0 Å². The average molecular weight is 315 g/mol. The van der Waals surface area contributed by atoms with Crippen LogP contribution in [0.5, 0.6) is 11.5 Å². The van der Waals surface area contributed by atoms with Gasteiger partial charge < -0.3 is 10.2 Å². The second-order valence-electron chi connectivity index (χ2n) is 4.67. The van der Waals surface area contributed by atoms with Crippen molar-refractivity contribution in [2.45, 2.75) is 6.92 Å². The Morgan fingerprint density at radius 2 is 2.00 bits per heavy atom. The summed E-state index contributed by atoms with van der Waals surface area (Å²) in [7, 11) is 0. The molecule has 8 heteroatoms. The Balaban J connectivity index is 2.19. The highest BCUT2D eigenvalue weighted by molar-refractivity contribution is 5.98. The lowest BCUT2D eigenvalue weighted by Gasteiger charge is -2.05. The number of aryl methyl sites for hydroxylation is 1. The Morgan fingerprint density at radius 3 is 2.65 bits per heavy atom. The van der Waals surface area contributed by atoms with Gasteiger partial charge in [-0.1, -0.05) is 12.1 Å². The van der Waals surface area contributed by atoms with Gasteiger partial charge in [0.25, 0.3) is 11.6 Å². The van der Waals surface area contributed by atoms with Gasteiger partial charge in [-0.15, -0.1) is 0 Å². The molecule has 2 aromatic carbocycles. The zero-order chi connectivity index (χ0) is 17.0. The number of phenols is 2. The molecule has 0 aromatic heterocycles. The number of amides is 1. The molecule has 8 nitrogen and oxygen atoms in total. The number of hydrogen-bond donors (Lipinski definition) is 3. The lowest BCUT2D eigenvalue weighted by atomic mass is 10.1. The number of benzene rings is 2. The van der Waals surface area contributed by atoms with Crippen LogP contribution < -0.4 is 5.43 Å². The minimum absolute atomic E-state index is 0.0962. The molecule has 0 unspecified atom stereocenters. The van der Waals surface area contributed by atoms with Crippen molar-refractivity contribution in [3.8, 4) is 11.5 Å². The van der Waals surface area contributed by atoms with Crippen molar-refractivity contribution in [2.75, 3.05) is 0 Å². The summed E-state index contributed by atoms with van der Waals surface area (Å²) in [6, 6.07) is 8.04. The maximum absolute atomic E-state index is 12.0. The van der Waals surface area contributed by atoms with Crippen LogP contribution in [0.1, 0.15) is 21.5 Å². The number of nitro benzene ring substituents is 1. The molecule has 118 valence electrons. The molecule has 1 amide bonds. The molecular formula is C15H13N3O5. The van der Waals surface area contributed by atoms with E-state index in [1.54, 1.807) is 6.92 Å². The second-order valence-corrected chi connectivity index (χ2v) is 4.67. The zero-order valence-electron chi connectivity index (χ0n) is 12.1. The molecule has 3 N–H and O–H groups in total. The predicted octanol–water partition coefficient (Wildman–Crippen LogP) is 2.08. The van der Waals surface area contributed by atoms with Crippen LogP contribution in [0.3, 0.4) is 0 Å². The maximum Gasteiger partial charge on any atom is 0.282 e. The van der Waals surface area contributed by atoms with Crippen molar-refractivity contribution < 1.29 is 19.9 Å². The van der Waals surface area contributed by atoms with E-state index in [1.807, 2.05) is 0 Å². The summed E-state index contributed by atoms with van der Waals surface area (Å²) < 4.78 is 0. The van der Waals surface area contributed by atoms with E-state index in [4.69, 9.17) is 0 Å². The summed E-state index contributed by atoms with van der Waals surface area (Å²) in [5.41, 5.74) is 2.57. The maximum atomic E-state index is 12.0. The summed E-state index contributed by atoms with van der Waals surface area (Å²) in [6.45, 7) is 1.64. The number of hydrazone groups is 1. The van der Waals surface area contributed by atoms with E-state index in [0.717, 1.165) is 6.07 Å². The average Bonchev–Trinajstić information content (AvgIpc) is 2.49. The van der Waals surface area contributed by atoms with Gasteiger partial charge in [0.2, 0.25) is 0 Å². The Kier molecular flexibility index (Phi) is 4.55. The van der Waals surface area contributed by atoms with Crippen LogP contribution in [0, 0.1) is 17.0 Å². The number of nitrogens with one attached hydrogen (secondary N) is 1. The van der Waals surface area contributed by atoms with Crippen LogP contribution in [0.25, 0.3) is 0 Å². The molecule has 0 fully saturated rings. The zero-order valence-corrected chi connectivity index (χ0v) is 12.1. The lowest BCUT2D eigenvalue weighted by molar-refractivity contribution is -0.385. The molecular weight excluding hydrogens is 302 g/mol. The van der Waals surface area contributed by atoms with Gasteiger partial charge in [0.1, 0.15) is 17.1 Å². The highest BCUT2D eigenvalue weighted by Gasteiger charge is 2.18. The Morgan fingerprint density at radius 1 is 1.30 bits per heavy atom. The summed E-state index contributed by atoms with van der Waals surface area (Å²) in [5.74, 6) is -1.04. The highest BCUT2D eigenvalue weighted by Crippen LogP contribution is 2.25. The predicted molar refractivity (Wildman–Crippen MR) is 82.7 cm³/mol. The molecule has 2 aromatic rings. The van der Waals surface area contributed by atoms with Gasteiger partial charge in [-0.3, -0.25) is 14.9 Å². The molecule has 0 heterocycles. The van der Waals surface area contributed by atoms with Crippen LogP contribution in [0.2, 0.25) is 0 Å². The molecule has 0 spiro atoms. The van der Waals surface area contributed by atoms with Crippen LogP contribution in [0.4, 0.5) is 5.69 Å².